The van der Waals surface area contributed by atoms with Crippen LogP contribution in [0.2, 0.25) is 0 Å². The van der Waals surface area contributed by atoms with Gasteiger partial charge in [-0.15, -0.1) is 0 Å². The lowest BCUT2D eigenvalue weighted by molar-refractivity contribution is 0.414. The van der Waals surface area contributed by atoms with E-state index in [1.807, 2.05) is 13.2 Å². The molecule has 0 bridgehead atoms. The molecule has 1 aromatic rings. The van der Waals surface area contributed by atoms with Gasteiger partial charge in [-0.2, -0.15) is 16.1 Å². The lowest BCUT2D eigenvalue weighted by Crippen LogP contribution is -2.36. The third-order valence-corrected chi connectivity index (χ3v) is 7.35. The Hall–Kier alpha value is 0.240. The summed E-state index contributed by atoms with van der Waals surface area (Å²) in [6.07, 6.45) is 1.95. The van der Waals surface area contributed by atoms with Gasteiger partial charge < -0.3 is 5.73 Å². The maximum absolute atomic E-state index is 12.6. The summed E-state index contributed by atoms with van der Waals surface area (Å²) in [6.45, 7) is 1.88. The molecule has 19 heavy (non-hydrogen) atoms. The first-order valence-electron chi connectivity index (χ1n) is 5.43. The number of hydrogen-bond donors (Lipinski definition) is 1. The molecule has 0 spiro atoms. The Morgan fingerprint density at radius 3 is 2.26 bits per heavy atom. The average molecular weight is 432 g/mol. The number of anilines is 1. The topological polar surface area (TPSA) is 63.4 Å². The monoisotopic (exact) mass is 430 g/mol. The highest BCUT2D eigenvalue weighted by atomic mass is 79.9. The van der Waals surface area contributed by atoms with Crippen molar-refractivity contribution in [3.8, 4) is 0 Å². The fourth-order valence-corrected chi connectivity index (χ4v) is 6.25. The standard InChI is InChI=1S/C11H16Br2N2O2S2/c1-7(6-18-3)15(2)19(16,17)11-9(12)4-8(14)5-10(11)13/h4-5,7H,6,14H2,1-3H3. The fourth-order valence-electron chi connectivity index (χ4n) is 1.55. The molecule has 1 aromatic carbocycles. The normalized spacial score (nSPS) is 13.8. The quantitative estimate of drug-likeness (QED) is 0.727. The van der Waals surface area contributed by atoms with Gasteiger partial charge in [-0.25, -0.2) is 8.42 Å². The number of nitrogens with two attached hydrogens (primary N) is 1. The van der Waals surface area contributed by atoms with E-state index in [9.17, 15) is 8.42 Å². The van der Waals surface area contributed by atoms with E-state index in [4.69, 9.17) is 5.73 Å². The van der Waals surface area contributed by atoms with E-state index in [1.54, 1.807) is 30.9 Å². The highest BCUT2D eigenvalue weighted by Gasteiger charge is 2.29. The van der Waals surface area contributed by atoms with Crippen molar-refractivity contribution < 1.29 is 8.42 Å². The van der Waals surface area contributed by atoms with Gasteiger partial charge in [-0.1, -0.05) is 0 Å². The van der Waals surface area contributed by atoms with Crippen LogP contribution in [0.4, 0.5) is 5.69 Å². The van der Waals surface area contributed by atoms with E-state index in [1.165, 1.54) is 4.31 Å². The molecule has 0 aliphatic heterocycles. The Bertz CT molecular complexity index is 541. The Kier molecular flexibility index (Phi) is 6.19. The summed E-state index contributed by atoms with van der Waals surface area (Å²) in [4.78, 5) is 0.206. The molecule has 0 radical (unpaired) electrons. The maximum atomic E-state index is 12.6. The van der Waals surface area contributed by atoms with Crippen LogP contribution in [0.1, 0.15) is 6.92 Å². The van der Waals surface area contributed by atoms with E-state index in [2.05, 4.69) is 31.9 Å². The Morgan fingerprint density at radius 2 is 1.84 bits per heavy atom. The molecular weight excluding hydrogens is 416 g/mol. The van der Waals surface area contributed by atoms with Gasteiger partial charge in [0.1, 0.15) is 4.90 Å². The zero-order chi connectivity index (χ0) is 14.8. The molecule has 0 heterocycles. The summed E-state index contributed by atoms with van der Waals surface area (Å²) in [5, 5.41) is 0. The molecule has 1 atom stereocenters. The minimum atomic E-state index is -3.57. The van der Waals surface area contributed by atoms with Crippen LogP contribution in [-0.4, -0.2) is 37.8 Å². The number of hydrogen-bond acceptors (Lipinski definition) is 4. The molecule has 0 aliphatic rings. The molecule has 0 amide bonds. The summed E-state index contributed by atoms with van der Waals surface area (Å²) in [7, 11) is -1.98. The van der Waals surface area contributed by atoms with Gasteiger partial charge >= 0.3 is 0 Å². The van der Waals surface area contributed by atoms with Gasteiger partial charge in [0.05, 0.1) is 0 Å². The molecule has 2 N–H and O–H groups in total. The smallest absolute Gasteiger partial charge is 0.245 e. The largest absolute Gasteiger partial charge is 0.399 e. The second-order valence-corrected chi connectivity index (χ2v) is 8.69. The van der Waals surface area contributed by atoms with E-state index in [-0.39, 0.29) is 10.9 Å². The van der Waals surface area contributed by atoms with Crippen molar-refractivity contribution in [2.24, 2.45) is 0 Å². The summed E-state index contributed by atoms with van der Waals surface area (Å²) in [5.41, 5.74) is 6.18. The van der Waals surface area contributed by atoms with Crippen molar-refractivity contribution in [3.63, 3.8) is 0 Å². The van der Waals surface area contributed by atoms with Crippen molar-refractivity contribution >= 4 is 59.3 Å². The van der Waals surface area contributed by atoms with Crippen molar-refractivity contribution in [1.82, 2.24) is 4.31 Å². The first kappa shape index (κ1) is 17.3. The molecule has 1 rings (SSSR count). The predicted molar refractivity (Wildman–Crippen MR) is 89.0 cm³/mol. The Balaban J connectivity index is 3.28. The van der Waals surface area contributed by atoms with Crippen LogP contribution in [0.15, 0.2) is 26.0 Å². The van der Waals surface area contributed by atoms with Crippen LogP contribution in [-0.2, 0) is 10.0 Å². The lowest BCUT2D eigenvalue weighted by Gasteiger charge is -2.25. The zero-order valence-electron chi connectivity index (χ0n) is 10.9. The minimum absolute atomic E-state index is 0.0867. The summed E-state index contributed by atoms with van der Waals surface area (Å²) >= 11 is 8.15. The molecule has 0 saturated heterocycles. The molecule has 108 valence electrons. The highest BCUT2D eigenvalue weighted by molar-refractivity contribution is 9.11. The molecule has 4 nitrogen and oxygen atoms in total. The second kappa shape index (κ2) is 6.80. The highest BCUT2D eigenvalue weighted by Crippen LogP contribution is 2.34. The molecule has 0 saturated carbocycles. The maximum Gasteiger partial charge on any atom is 0.245 e. The van der Waals surface area contributed by atoms with Crippen LogP contribution >= 0.6 is 43.6 Å². The number of thioether (sulfide) groups is 1. The van der Waals surface area contributed by atoms with Crippen LogP contribution in [0, 0.1) is 0 Å². The van der Waals surface area contributed by atoms with E-state index < -0.39 is 10.0 Å². The second-order valence-electron chi connectivity index (χ2n) is 4.14. The number of nitrogen functional groups attached to an aromatic ring is 1. The summed E-state index contributed by atoms with van der Waals surface area (Å²) in [6, 6.07) is 3.09. The fraction of sp³-hybridized carbons (Fsp3) is 0.455. The van der Waals surface area contributed by atoms with Crippen molar-refractivity contribution in [3.05, 3.63) is 21.1 Å². The van der Waals surface area contributed by atoms with Crippen molar-refractivity contribution in [2.45, 2.75) is 17.9 Å². The van der Waals surface area contributed by atoms with Crippen LogP contribution in [0.3, 0.4) is 0 Å². The van der Waals surface area contributed by atoms with Gasteiger partial charge in [-0.3, -0.25) is 0 Å². The Morgan fingerprint density at radius 1 is 1.37 bits per heavy atom. The van der Waals surface area contributed by atoms with Crippen molar-refractivity contribution in [2.75, 3.05) is 24.8 Å². The minimum Gasteiger partial charge on any atom is -0.399 e. The summed E-state index contributed by atoms with van der Waals surface area (Å²) < 4.78 is 27.5. The van der Waals surface area contributed by atoms with Gasteiger partial charge in [0, 0.05) is 33.5 Å². The zero-order valence-corrected chi connectivity index (χ0v) is 15.7. The van der Waals surface area contributed by atoms with Gasteiger partial charge in [-0.05, 0) is 57.2 Å². The SMILES string of the molecule is CSCC(C)N(C)S(=O)(=O)c1c(Br)cc(N)cc1Br. The van der Waals surface area contributed by atoms with Crippen LogP contribution < -0.4 is 5.73 Å². The predicted octanol–water partition coefficient (Wildman–Crippen LogP) is 3.17. The third kappa shape index (κ3) is 3.87. The first-order chi connectivity index (χ1) is 8.71. The summed E-state index contributed by atoms with van der Waals surface area (Å²) in [5.74, 6) is 0.736. The molecule has 8 heteroatoms. The Labute approximate surface area is 135 Å². The van der Waals surface area contributed by atoms with E-state index in [0.717, 1.165) is 5.75 Å². The number of halogens is 2. The molecule has 0 aliphatic carbocycles. The van der Waals surface area contributed by atoms with E-state index in [0.29, 0.717) is 14.6 Å². The molecule has 0 fully saturated rings. The average Bonchev–Trinajstić information content (AvgIpc) is 2.26. The van der Waals surface area contributed by atoms with Crippen LogP contribution in [0.5, 0.6) is 0 Å². The molecule has 0 aromatic heterocycles. The number of rotatable bonds is 5. The third-order valence-electron chi connectivity index (χ3n) is 2.69. The van der Waals surface area contributed by atoms with Gasteiger partial charge in [0.2, 0.25) is 10.0 Å². The molecule has 1 unspecified atom stereocenters. The molecular formula is C11H16Br2N2O2S2. The first-order valence-corrected chi connectivity index (χ1v) is 9.85. The van der Waals surface area contributed by atoms with E-state index >= 15 is 0 Å². The number of nitrogens with zero attached hydrogens (tertiary/aromatic N) is 1. The lowest BCUT2D eigenvalue weighted by atomic mass is 10.3. The number of benzene rings is 1. The van der Waals surface area contributed by atoms with Crippen molar-refractivity contribution in [1.29, 1.82) is 0 Å². The van der Waals surface area contributed by atoms with Gasteiger partial charge in [0.15, 0.2) is 0 Å². The van der Waals surface area contributed by atoms with Crippen LogP contribution in [0.25, 0.3) is 0 Å². The number of sulfonamides is 1. The van der Waals surface area contributed by atoms with Gasteiger partial charge in [0.25, 0.3) is 0 Å².